The summed E-state index contributed by atoms with van der Waals surface area (Å²) in [5, 5.41) is 0. The Morgan fingerprint density at radius 1 is 1.12 bits per heavy atom. The molecule has 1 aliphatic rings. The molecule has 1 saturated heterocycles. The van der Waals surface area contributed by atoms with Crippen LogP contribution in [0.2, 0.25) is 0 Å². The summed E-state index contributed by atoms with van der Waals surface area (Å²) in [6.07, 6.45) is 1.89. The third-order valence-corrected chi connectivity index (χ3v) is 4.45. The van der Waals surface area contributed by atoms with Crippen molar-refractivity contribution in [3.8, 4) is 0 Å². The molecule has 0 aromatic carbocycles. The summed E-state index contributed by atoms with van der Waals surface area (Å²) in [6, 6.07) is 0.191. The van der Waals surface area contributed by atoms with Crippen LogP contribution >= 0.6 is 0 Å². The molecular weight excluding hydrogens is 308 g/mol. The van der Waals surface area contributed by atoms with Crippen LogP contribution in [0.5, 0.6) is 0 Å². The van der Waals surface area contributed by atoms with E-state index in [0.717, 1.165) is 12.8 Å². The minimum absolute atomic E-state index is 0.0140. The minimum Gasteiger partial charge on any atom is -0.464 e. The van der Waals surface area contributed by atoms with E-state index in [2.05, 4.69) is 39.2 Å². The largest absolute Gasteiger partial charge is 0.464 e. The molecule has 0 saturated carbocycles. The zero-order valence-electron chi connectivity index (χ0n) is 15.7. The van der Waals surface area contributed by atoms with Gasteiger partial charge in [-0.3, -0.25) is 9.69 Å². The molecule has 1 aliphatic heterocycles. The van der Waals surface area contributed by atoms with Crippen LogP contribution in [0.1, 0.15) is 53.9 Å². The maximum Gasteiger partial charge on any atom is 0.333 e. The lowest BCUT2D eigenvalue weighted by atomic mass is 9.77. The van der Waals surface area contributed by atoms with Crippen molar-refractivity contribution < 1.29 is 19.1 Å². The standard InChI is InChI=1S/C18H32N2O4/c1-13(2)16(22)24-9-7-15(21)23-10-8-20-17(3,4)11-14(19)12-18(20,5)6/h14H,1,7-12,19H2,2-6H3. The Hall–Kier alpha value is -1.40. The highest BCUT2D eigenvalue weighted by Gasteiger charge is 2.43. The molecule has 0 atom stereocenters. The van der Waals surface area contributed by atoms with Crippen LogP contribution in [-0.4, -0.2) is 53.7 Å². The van der Waals surface area contributed by atoms with E-state index < -0.39 is 5.97 Å². The number of nitrogens with zero attached hydrogens (tertiary/aromatic N) is 1. The van der Waals surface area contributed by atoms with E-state index in [4.69, 9.17) is 15.2 Å². The summed E-state index contributed by atoms with van der Waals surface area (Å²) in [5.74, 6) is -0.857. The number of carbonyl (C=O) groups is 2. The van der Waals surface area contributed by atoms with E-state index in [1.165, 1.54) is 0 Å². The topological polar surface area (TPSA) is 81.9 Å². The lowest BCUT2D eigenvalue weighted by molar-refractivity contribution is -0.149. The Balaban J connectivity index is 2.39. The maximum absolute atomic E-state index is 11.7. The van der Waals surface area contributed by atoms with Crippen LogP contribution in [0.3, 0.4) is 0 Å². The molecule has 1 rings (SSSR count). The molecule has 1 heterocycles. The first-order valence-electron chi connectivity index (χ1n) is 8.47. The Morgan fingerprint density at radius 2 is 1.67 bits per heavy atom. The molecule has 0 bridgehead atoms. The highest BCUT2D eigenvalue weighted by atomic mass is 16.5. The second kappa shape index (κ2) is 8.12. The van der Waals surface area contributed by atoms with Crippen molar-refractivity contribution in [3.63, 3.8) is 0 Å². The van der Waals surface area contributed by atoms with Gasteiger partial charge in [0.2, 0.25) is 0 Å². The molecule has 0 radical (unpaired) electrons. The molecule has 2 N–H and O–H groups in total. The van der Waals surface area contributed by atoms with E-state index in [0.29, 0.717) is 18.7 Å². The zero-order valence-corrected chi connectivity index (χ0v) is 15.7. The Morgan fingerprint density at radius 3 is 2.17 bits per heavy atom. The number of hydrogen-bond acceptors (Lipinski definition) is 6. The van der Waals surface area contributed by atoms with Gasteiger partial charge < -0.3 is 15.2 Å². The quantitative estimate of drug-likeness (QED) is 0.564. The van der Waals surface area contributed by atoms with Crippen LogP contribution in [0, 0.1) is 0 Å². The monoisotopic (exact) mass is 340 g/mol. The molecule has 0 amide bonds. The fraction of sp³-hybridized carbons (Fsp3) is 0.778. The van der Waals surface area contributed by atoms with Crippen LogP contribution in [0.4, 0.5) is 0 Å². The third-order valence-electron chi connectivity index (χ3n) is 4.45. The number of ether oxygens (including phenoxy) is 2. The van der Waals surface area contributed by atoms with Crippen molar-refractivity contribution in [1.82, 2.24) is 4.90 Å². The number of piperidine rings is 1. The number of likely N-dealkylation sites (tertiary alicyclic amines) is 1. The summed E-state index contributed by atoms with van der Waals surface area (Å²) in [4.78, 5) is 25.3. The predicted octanol–water partition coefficient (Wildman–Crippen LogP) is 2.02. The Bertz CT molecular complexity index is 467. The number of nitrogens with two attached hydrogens (primary N) is 1. The number of carbonyl (C=O) groups excluding carboxylic acids is 2. The van der Waals surface area contributed by atoms with Gasteiger partial charge in [-0.25, -0.2) is 4.79 Å². The molecular formula is C18H32N2O4. The first-order valence-corrected chi connectivity index (χ1v) is 8.47. The van der Waals surface area contributed by atoms with Crippen LogP contribution in [0.15, 0.2) is 12.2 Å². The Labute approximate surface area is 145 Å². The van der Waals surface area contributed by atoms with E-state index in [9.17, 15) is 9.59 Å². The van der Waals surface area contributed by atoms with Crippen molar-refractivity contribution >= 4 is 11.9 Å². The van der Waals surface area contributed by atoms with Gasteiger partial charge in [0.1, 0.15) is 13.2 Å². The molecule has 138 valence electrons. The predicted molar refractivity (Wildman–Crippen MR) is 93.4 cm³/mol. The molecule has 0 aromatic rings. The van der Waals surface area contributed by atoms with Gasteiger partial charge in [-0.2, -0.15) is 0 Å². The number of rotatable bonds is 7. The first kappa shape index (κ1) is 20.6. The lowest BCUT2D eigenvalue weighted by Gasteiger charge is -2.54. The van der Waals surface area contributed by atoms with Gasteiger partial charge in [-0.05, 0) is 47.5 Å². The summed E-state index contributed by atoms with van der Waals surface area (Å²) in [5.41, 5.74) is 6.41. The first-order chi connectivity index (χ1) is 11.0. The second-order valence-corrected chi connectivity index (χ2v) is 7.83. The lowest BCUT2D eigenvalue weighted by Crippen LogP contribution is -2.63. The smallest absolute Gasteiger partial charge is 0.333 e. The van der Waals surface area contributed by atoms with Crippen molar-refractivity contribution in [2.75, 3.05) is 19.8 Å². The van der Waals surface area contributed by atoms with Gasteiger partial charge >= 0.3 is 11.9 Å². The van der Waals surface area contributed by atoms with Crippen molar-refractivity contribution in [1.29, 1.82) is 0 Å². The maximum atomic E-state index is 11.7. The van der Waals surface area contributed by atoms with Crippen molar-refractivity contribution in [2.45, 2.75) is 71.0 Å². The van der Waals surface area contributed by atoms with Crippen LogP contribution in [0.25, 0.3) is 0 Å². The SMILES string of the molecule is C=C(C)C(=O)OCCC(=O)OCCN1C(C)(C)CC(N)CC1(C)C. The van der Waals surface area contributed by atoms with E-state index in [1.54, 1.807) is 6.92 Å². The van der Waals surface area contributed by atoms with Crippen LogP contribution in [-0.2, 0) is 19.1 Å². The molecule has 0 spiro atoms. The van der Waals surface area contributed by atoms with Crippen molar-refractivity contribution in [2.24, 2.45) is 5.73 Å². The zero-order chi connectivity index (χ0) is 18.5. The van der Waals surface area contributed by atoms with Gasteiger partial charge in [0.25, 0.3) is 0 Å². The fourth-order valence-electron chi connectivity index (χ4n) is 3.67. The van der Waals surface area contributed by atoms with Gasteiger partial charge in [-0.15, -0.1) is 0 Å². The van der Waals surface area contributed by atoms with E-state index in [-0.39, 0.29) is 36.1 Å². The molecule has 6 heteroatoms. The molecule has 0 aliphatic carbocycles. The average Bonchev–Trinajstić information content (AvgIpc) is 2.39. The molecule has 6 nitrogen and oxygen atoms in total. The van der Waals surface area contributed by atoms with Crippen LogP contribution < -0.4 is 5.73 Å². The molecule has 1 fully saturated rings. The summed E-state index contributed by atoms with van der Waals surface area (Å²) >= 11 is 0. The fourth-order valence-corrected chi connectivity index (χ4v) is 3.67. The molecule has 0 unspecified atom stereocenters. The second-order valence-electron chi connectivity index (χ2n) is 7.83. The normalized spacial score (nSPS) is 20.4. The number of hydrogen-bond donors (Lipinski definition) is 1. The highest BCUT2D eigenvalue weighted by Crippen LogP contribution is 2.37. The highest BCUT2D eigenvalue weighted by molar-refractivity contribution is 5.87. The van der Waals surface area contributed by atoms with Gasteiger partial charge in [-0.1, -0.05) is 6.58 Å². The van der Waals surface area contributed by atoms with E-state index in [1.807, 2.05) is 0 Å². The van der Waals surface area contributed by atoms with E-state index >= 15 is 0 Å². The minimum atomic E-state index is -0.490. The van der Waals surface area contributed by atoms with Crippen molar-refractivity contribution in [3.05, 3.63) is 12.2 Å². The van der Waals surface area contributed by atoms with Gasteiger partial charge in [0.05, 0.1) is 6.42 Å². The van der Waals surface area contributed by atoms with Gasteiger partial charge in [0, 0.05) is 29.2 Å². The summed E-state index contributed by atoms with van der Waals surface area (Å²) in [7, 11) is 0. The Kier molecular flexibility index (Phi) is 6.98. The summed E-state index contributed by atoms with van der Waals surface area (Å²) in [6.45, 7) is 14.7. The molecule has 0 aromatic heterocycles. The van der Waals surface area contributed by atoms with Gasteiger partial charge in [0.15, 0.2) is 0 Å². The summed E-state index contributed by atoms with van der Waals surface area (Å²) < 4.78 is 10.2. The third kappa shape index (κ3) is 5.91. The average molecular weight is 340 g/mol. The molecule has 24 heavy (non-hydrogen) atoms. The number of esters is 2.